The minimum absolute atomic E-state index is 0.238. The molecule has 8 nitrogen and oxygen atoms in total. The Hall–Kier alpha value is -3.20. The molecule has 9 heteroatoms. The summed E-state index contributed by atoms with van der Waals surface area (Å²) in [5, 5.41) is 2.67. The van der Waals surface area contributed by atoms with Crippen LogP contribution in [0.3, 0.4) is 0 Å². The van der Waals surface area contributed by atoms with E-state index in [-0.39, 0.29) is 11.5 Å². The van der Waals surface area contributed by atoms with Crippen molar-refractivity contribution in [3.8, 4) is 0 Å². The van der Waals surface area contributed by atoms with Crippen molar-refractivity contribution < 1.29 is 22.8 Å². The molecule has 2 aromatic carbocycles. The Bertz CT molecular complexity index is 1120. The number of carbonyl (C=O) groups is 3. The number of nitrogens with zero attached hydrogens (tertiary/aromatic N) is 1. The van der Waals surface area contributed by atoms with Crippen LogP contribution in [0.2, 0.25) is 0 Å². The molecule has 1 aliphatic rings. The van der Waals surface area contributed by atoms with Gasteiger partial charge < -0.3 is 5.32 Å². The average molecular weight is 415 g/mol. The van der Waals surface area contributed by atoms with E-state index in [0.29, 0.717) is 22.5 Å². The summed E-state index contributed by atoms with van der Waals surface area (Å²) in [6.45, 7) is 4.76. The lowest BCUT2D eigenvalue weighted by molar-refractivity contribution is 0.0692. The predicted octanol–water partition coefficient (Wildman–Crippen LogP) is 2.70. The first-order valence-electron chi connectivity index (χ1n) is 8.81. The van der Waals surface area contributed by atoms with Gasteiger partial charge in [-0.2, -0.15) is 0 Å². The summed E-state index contributed by atoms with van der Waals surface area (Å²) in [7, 11) is -2.17. The summed E-state index contributed by atoms with van der Waals surface area (Å²) in [5.41, 5.74) is 1.57. The smallest absolute Gasteiger partial charge is 0.261 e. The summed E-state index contributed by atoms with van der Waals surface area (Å²) in [6, 6.07) is 10.5. The SMILES string of the molecule is CN1C(=O)c2ccc(NC(=O)c3ccc(NS(=O)(=O)C(C)(C)C)cc3)cc2C1=O. The molecule has 29 heavy (non-hydrogen) atoms. The van der Waals surface area contributed by atoms with Crippen LogP contribution in [0, 0.1) is 0 Å². The zero-order valence-corrected chi connectivity index (χ0v) is 17.3. The van der Waals surface area contributed by atoms with Crippen LogP contribution in [-0.4, -0.2) is 42.8 Å². The minimum Gasteiger partial charge on any atom is -0.322 e. The van der Waals surface area contributed by atoms with E-state index >= 15 is 0 Å². The van der Waals surface area contributed by atoms with E-state index in [9.17, 15) is 22.8 Å². The summed E-state index contributed by atoms with van der Waals surface area (Å²) < 4.78 is 25.9. The predicted molar refractivity (Wildman–Crippen MR) is 110 cm³/mol. The van der Waals surface area contributed by atoms with Gasteiger partial charge in [-0.05, 0) is 63.2 Å². The maximum Gasteiger partial charge on any atom is 0.261 e. The second-order valence-corrected chi connectivity index (χ2v) is 10.1. The molecule has 0 bridgehead atoms. The van der Waals surface area contributed by atoms with E-state index in [1.54, 1.807) is 26.8 Å². The highest BCUT2D eigenvalue weighted by atomic mass is 32.2. The fourth-order valence-electron chi connectivity index (χ4n) is 2.64. The molecule has 0 radical (unpaired) electrons. The first kappa shape index (κ1) is 20.5. The number of anilines is 2. The highest BCUT2D eigenvalue weighted by Gasteiger charge is 2.33. The number of carbonyl (C=O) groups excluding carboxylic acids is 3. The third-order valence-corrected chi connectivity index (χ3v) is 6.67. The fraction of sp³-hybridized carbons (Fsp3) is 0.250. The van der Waals surface area contributed by atoms with E-state index in [2.05, 4.69) is 10.0 Å². The van der Waals surface area contributed by atoms with Gasteiger partial charge in [-0.3, -0.25) is 24.0 Å². The number of sulfonamides is 1. The molecule has 0 fully saturated rings. The van der Waals surface area contributed by atoms with E-state index in [1.165, 1.54) is 43.4 Å². The van der Waals surface area contributed by atoms with Gasteiger partial charge in [0.05, 0.1) is 15.9 Å². The monoisotopic (exact) mass is 415 g/mol. The van der Waals surface area contributed by atoms with Crippen molar-refractivity contribution in [1.29, 1.82) is 0 Å². The van der Waals surface area contributed by atoms with Crippen molar-refractivity contribution in [1.82, 2.24) is 4.90 Å². The number of imide groups is 1. The molecule has 3 rings (SSSR count). The zero-order valence-electron chi connectivity index (χ0n) is 16.4. The van der Waals surface area contributed by atoms with Gasteiger partial charge in [0.2, 0.25) is 10.0 Å². The average Bonchev–Trinajstić information content (AvgIpc) is 2.85. The van der Waals surface area contributed by atoms with E-state index < -0.39 is 26.6 Å². The topological polar surface area (TPSA) is 113 Å². The second kappa shape index (κ2) is 7.00. The van der Waals surface area contributed by atoms with Crippen LogP contribution in [-0.2, 0) is 10.0 Å². The third kappa shape index (κ3) is 3.86. The molecule has 2 N–H and O–H groups in total. The van der Waals surface area contributed by atoms with Crippen LogP contribution in [0.15, 0.2) is 42.5 Å². The molecule has 0 unspecified atom stereocenters. The Labute approximate surface area is 169 Å². The van der Waals surface area contributed by atoms with Crippen molar-refractivity contribution in [3.63, 3.8) is 0 Å². The van der Waals surface area contributed by atoms with Crippen molar-refractivity contribution in [2.45, 2.75) is 25.5 Å². The lowest BCUT2D eigenvalue weighted by Gasteiger charge is -2.20. The standard InChI is InChI=1S/C20H21N3O5S/c1-20(2,3)29(27,28)22-13-7-5-12(6-8-13)17(24)21-14-9-10-15-16(11-14)19(26)23(4)18(15)25/h5-11,22H,1-4H3,(H,21,24). The van der Waals surface area contributed by atoms with Crippen LogP contribution in [0.1, 0.15) is 51.8 Å². The normalized spacial score (nSPS) is 14.0. The second-order valence-electron chi connectivity index (χ2n) is 7.68. The van der Waals surface area contributed by atoms with Crippen LogP contribution < -0.4 is 10.0 Å². The lowest BCUT2D eigenvalue weighted by atomic mass is 10.1. The van der Waals surface area contributed by atoms with Gasteiger partial charge in [0.25, 0.3) is 17.7 Å². The Morgan fingerprint density at radius 2 is 1.45 bits per heavy atom. The number of hydrogen-bond acceptors (Lipinski definition) is 5. The molecular formula is C20H21N3O5S. The van der Waals surface area contributed by atoms with E-state index in [1.807, 2.05) is 0 Å². The molecule has 0 aromatic heterocycles. The highest BCUT2D eigenvalue weighted by Crippen LogP contribution is 2.25. The van der Waals surface area contributed by atoms with Gasteiger partial charge in [0.1, 0.15) is 0 Å². The molecule has 1 aliphatic heterocycles. The molecule has 0 saturated heterocycles. The Kier molecular flexibility index (Phi) is 4.96. The maximum atomic E-state index is 12.5. The molecule has 152 valence electrons. The number of hydrogen-bond donors (Lipinski definition) is 2. The maximum absolute atomic E-state index is 12.5. The van der Waals surface area contributed by atoms with Crippen molar-refractivity contribution in [3.05, 3.63) is 59.2 Å². The van der Waals surface area contributed by atoms with Gasteiger partial charge in [-0.1, -0.05) is 0 Å². The molecular weight excluding hydrogens is 394 g/mol. The van der Waals surface area contributed by atoms with Gasteiger partial charge >= 0.3 is 0 Å². The molecule has 2 aromatic rings. The minimum atomic E-state index is -3.57. The van der Waals surface area contributed by atoms with E-state index in [4.69, 9.17) is 0 Å². The molecule has 0 atom stereocenters. The number of fused-ring (bicyclic) bond motifs is 1. The van der Waals surface area contributed by atoms with Crippen LogP contribution in [0.5, 0.6) is 0 Å². The fourth-order valence-corrected chi connectivity index (χ4v) is 3.39. The Balaban J connectivity index is 1.74. The Morgan fingerprint density at radius 3 is 2.03 bits per heavy atom. The van der Waals surface area contributed by atoms with Crippen LogP contribution >= 0.6 is 0 Å². The number of rotatable bonds is 4. The highest BCUT2D eigenvalue weighted by molar-refractivity contribution is 7.94. The van der Waals surface area contributed by atoms with E-state index in [0.717, 1.165) is 4.90 Å². The molecule has 0 aliphatic carbocycles. The quantitative estimate of drug-likeness (QED) is 0.746. The third-order valence-electron chi connectivity index (χ3n) is 4.55. The molecule has 0 saturated carbocycles. The summed E-state index contributed by atoms with van der Waals surface area (Å²) >= 11 is 0. The van der Waals surface area contributed by atoms with Gasteiger partial charge in [-0.25, -0.2) is 8.42 Å². The summed E-state index contributed by atoms with van der Waals surface area (Å²) in [6.07, 6.45) is 0. The first-order chi connectivity index (χ1) is 13.4. The summed E-state index contributed by atoms with van der Waals surface area (Å²) in [4.78, 5) is 37.5. The number of benzene rings is 2. The molecule has 0 spiro atoms. The zero-order chi connectivity index (χ0) is 21.6. The van der Waals surface area contributed by atoms with Crippen LogP contribution in [0.25, 0.3) is 0 Å². The lowest BCUT2D eigenvalue weighted by Crippen LogP contribution is -2.33. The number of nitrogens with one attached hydrogen (secondary N) is 2. The number of amides is 3. The van der Waals surface area contributed by atoms with Gasteiger partial charge in [0, 0.05) is 24.0 Å². The van der Waals surface area contributed by atoms with Crippen molar-refractivity contribution in [2.75, 3.05) is 17.1 Å². The van der Waals surface area contributed by atoms with Crippen molar-refractivity contribution in [2.24, 2.45) is 0 Å². The largest absolute Gasteiger partial charge is 0.322 e. The van der Waals surface area contributed by atoms with Crippen molar-refractivity contribution >= 4 is 39.1 Å². The van der Waals surface area contributed by atoms with Gasteiger partial charge in [0.15, 0.2) is 0 Å². The van der Waals surface area contributed by atoms with Gasteiger partial charge in [-0.15, -0.1) is 0 Å². The molecule has 1 heterocycles. The summed E-state index contributed by atoms with van der Waals surface area (Å²) in [5.74, 6) is -1.23. The van der Waals surface area contributed by atoms with Crippen LogP contribution in [0.4, 0.5) is 11.4 Å². The first-order valence-corrected chi connectivity index (χ1v) is 10.3. The Morgan fingerprint density at radius 1 is 0.897 bits per heavy atom. The molecule has 3 amide bonds.